The molecule has 0 aromatic heterocycles. The van der Waals surface area contributed by atoms with Crippen LogP contribution in [0.4, 0.5) is 5.69 Å². The summed E-state index contributed by atoms with van der Waals surface area (Å²) in [6.07, 6.45) is 5.95. The van der Waals surface area contributed by atoms with Crippen LogP contribution in [0.3, 0.4) is 0 Å². The van der Waals surface area contributed by atoms with E-state index in [1.165, 1.54) is 31.6 Å². The van der Waals surface area contributed by atoms with Gasteiger partial charge in [0.15, 0.2) is 5.96 Å². The van der Waals surface area contributed by atoms with Crippen molar-refractivity contribution < 1.29 is 4.74 Å². The smallest absolute Gasteiger partial charge is 0.191 e. The van der Waals surface area contributed by atoms with Crippen LogP contribution in [0.2, 0.25) is 0 Å². The van der Waals surface area contributed by atoms with Crippen LogP contribution in [0.5, 0.6) is 0 Å². The van der Waals surface area contributed by atoms with Crippen LogP contribution < -0.4 is 15.5 Å². The van der Waals surface area contributed by atoms with Gasteiger partial charge in [-0.05, 0) is 64.3 Å². The molecule has 0 radical (unpaired) electrons. The molecule has 2 fully saturated rings. The fourth-order valence-electron chi connectivity index (χ4n) is 4.60. The molecule has 0 bridgehead atoms. The zero-order valence-electron chi connectivity index (χ0n) is 18.3. The SMILES string of the molecule is CCN(CCCNC(=NC)NCC1(N2CCCC2)CCOCC1)c1ccccc1. The van der Waals surface area contributed by atoms with E-state index in [1.54, 1.807) is 0 Å². The predicted octanol–water partition coefficient (Wildman–Crippen LogP) is 2.71. The Morgan fingerprint density at radius 2 is 1.86 bits per heavy atom. The number of guanidine groups is 1. The van der Waals surface area contributed by atoms with Crippen LogP contribution in [0.15, 0.2) is 35.3 Å². The number of nitrogens with zero attached hydrogens (tertiary/aromatic N) is 3. The van der Waals surface area contributed by atoms with E-state index >= 15 is 0 Å². The number of nitrogens with one attached hydrogen (secondary N) is 2. The molecule has 0 unspecified atom stereocenters. The summed E-state index contributed by atoms with van der Waals surface area (Å²) in [5, 5.41) is 7.13. The molecule has 2 N–H and O–H groups in total. The molecule has 2 aliphatic heterocycles. The standard InChI is InChI=1S/C23H39N5O/c1-3-27(21-10-5-4-6-11-21)15-9-14-25-22(24-2)26-20-23(12-18-29-19-13-23)28-16-7-8-17-28/h4-6,10-11H,3,7-9,12-20H2,1-2H3,(H2,24,25,26). The lowest BCUT2D eigenvalue weighted by molar-refractivity contribution is -0.0164. The number of aliphatic imine (C=N–C) groups is 1. The van der Waals surface area contributed by atoms with E-state index in [0.29, 0.717) is 0 Å². The van der Waals surface area contributed by atoms with Crippen molar-refractivity contribution in [3.63, 3.8) is 0 Å². The number of benzene rings is 1. The number of likely N-dealkylation sites (tertiary alicyclic amines) is 1. The highest BCUT2D eigenvalue weighted by Crippen LogP contribution is 2.30. The van der Waals surface area contributed by atoms with Gasteiger partial charge in [0.05, 0.1) is 0 Å². The summed E-state index contributed by atoms with van der Waals surface area (Å²) < 4.78 is 5.66. The number of rotatable bonds is 9. The minimum Gasteiger partial charge on any atom is -0.381 e. The number of para-hydroxylation sites is 1. The van der Waals surface area contributed by atoms with E-state index in [9.17, 15) is 0 Å². The van der Waals surface area contributed by atoms with Crippen LogP contribution in [-0.4, -0.2) is 75.9 Å². The average molecular weight is 402 g/mol. The normalized spacial score (nSPS) is 19.9. The summed E-state index contributed by atoms with van der Waals surface area (Å²) >= 11 is 0. The molecule has 0 amide bonds. The molecule has 6 nitrogen and oxygen atoms in total. The van der Waals surface area contributed by atoms with Crippen LogP contribution in [-0.2, 0) is 4.74 Å². The molecule has 1 aromatic carbocycles. The lowest BCUT2D eigenvalue weighted by Crippen LogP contribution is -2.58. The number of anilines is 1. The Morgan fingerprint density at radius 3 is 2.52 bits per heavy atom. The quantitative estimate of drug-likeness (QED) is 0.379. The van der Waals surface area contributed by atoms with Crippen molar-refractivity contribution >= 4 is 11.6 Å². The number of hydrogen-bond donors (Lipinski definition) is 2. The van der Waals surface area contributed by atoms with E-state index in [1.807, 2.05) is 7.05 Å². The van der Waals surface area contributed by atoms with E-state index in [4.69, 9.17) is 4.74 Å². The first kappa shape index (κ1) is 21.9. The molecule has 0 aliphatic carbocycles. The Bertz CT molecular complexity index is 609. The second kappa shape index (κ2) is 11.4. The molecule has 0 spiro atoms. The Morgan fingerprint density at radius 1 is 1.14 bits per heavy atom. The zero-order valence-corrected chi connectivity index (χ0v) is 18.3. The van der Waals surface area contributed by atoms with E-state index in [-0.39, 0.29) is 5.54 Å². The maximum Gasteiger partial charge on any atom is 0.191 e. The first-order chi connectivity index (χ1) is 14.3. The molecule has 162 valence electrons. The molecule has 0 saturated carbocycles. The van der Waals surface area contributed by atoms with Crippen molar-refractivity contribution in [2.45, 2.75) is 44.6 Å². The average Bonchev–Trinajstić information content (AvgIpc) is 3.33. The first-order valence-corrected chi connectivity index (χ1v) is 11.3. The minimum absolute atomic E-state index is 0.221. The van der Waals surface area contributed by atoms with Gasteiger partial charge < -0.3 is 20.3 Å². The Labute approximate surface area is 176 Å². The summed E-state index contributed by atoms with van der Waals surface area (Å²) in [6, 6.07) is 10.6. The molecule has 6 heteroatoms. The fraction of sp³-hybridized carbons (Fsp3) is 0.696. The van der Waals surface area contributed by atoms with Gasteiger partial charge in [0.25, 0.3) is 0 Å². The number of ether oxygens (including phenoxy) is 1. The molecule has 0 atom stereocenters. The van der Waals surface area contributed by atoms with Crippen LogP contribution in [0.1, 0.15) is 39.0 Å². The fourth-order valence-corrected chi connectivity index (χ4v) is 4.60. The zero-order chi connectivity index (χ0) is 20.4. The monoisotopic (exact) mass is 401 g/mol. The molecule has 29 heavy (non-hydrogen) atoms. The van der Waals surface area contributed by atoms with Crippen molar-refractivity contribution in [1.29, 1.82) is 0 Å². The summed E-state index contributed by atoms with van der Waals surface area (Å²) in [4.78, 5) is 9.56. The van der Waals surface area contributed by atoms with Crippen LogP contribution in [0.25, 0.3) is 0 Å². The van der Waals surface area contributed by atoms with Gasteiger partial charge in [-0.3, -0.25) is 9.89 Å². The second-order valence-corrected chi connectivity index (χ2v) is 8.15. The summed E-state index contributed by atoms with van der Waals surface area (Å²) in [7, 11) is 1.87. The van der Waals surface area contributed by atoms with Gasteiger partial charge in [0, 0.05) is 57.7 Å². The molecular weight excluding hydrogens is 362 g/mol. The first-order valence-electron chi connectivity index (χ1n) is 11.3. The van der Waals surface area contributed by atoms with Crippen molar-refractivity contribution in [1.82, 2.24) is 15.5 Å². The topological polar surface area (TPSA) is 52.1 Å². The Balaban J connectivity index is 1.44. The Kier molecular flexibility index (Phi) is 8.62. The summed E-state index contributed by atoms with van der Waals surface area (Å²) in [5.41, 5.74) is 1.52. The molecule has 3 rings (SSSR count). The Hall–Kier alpha value is -1.79. The van der Waals surface area contributed by atoms with Crippen molar-refractivity contribution in [2.75, 3.05) is 64.4 Å². The van der Waals surface area contributed by atoms with E-state index < -0.39 is 0 Å². The maximum atomic E-state index is 5.66. The van der Waals surface area contributed by atoms with Gasteiger partial charge in [-0.15, -0.1) is 0 Å². The molecule has 2 heterocycles. The van der Waals surface area contributed by atoms with Gasteiger partial charge in [0.1, 0.15) is 0 Å². The molecule has 1 aromatic rings. The lowest BCUT2D eigenvalue weighted by Gasteiger charge is -2.45. The van der Waals surface area contributed by atoms with Gasteiger partial charge in [-0.25, -0.2) is 0 Å². The minimum atomic E-state index is 0.221. The van der Waals surface area contributed by atoms with Crippen molar-refractivity contribution in [3.8, 4) is 0 Å². The van der Waals surface area contributed by atoms with E-state index in [0.717, 1.165) is 64.6 Å². The highest BCUT2D eigenvalue weighted by atomic mass is 16.5. The third-order valence-corrected chi connectivity index (χ3v) is 6.41. The second-order valence-electron chi connectivity index (χ2n) is 8.15. The largest absolute Gasteiger partial charge is 0.381 e. The number of hydrogen-bond acceptors (Lipinski definition) is 4. The van der Waals surface area contributed by atoms with Gasteiger partial charge in [-0.1, -0.05) is 18.2 Å². The third kappa shape index (κ3) is 6.09. The molecule has 2 saturated heterocycles. The van der Waals surface area contributed by atoms with Gasteiger partial charge in [-0.2, -0.15) is 0 Å². The third-order valence-electron chi connectivity index (χ3n) is 6.41. The lowest BCUT2D eigenvalue weighted by atomic mass is 9.88. The van der Waals surface area contributed by atoms with Crippen molar-refractivity contribution in [3.05, 3.63) is 30.3 Å². The van der Waals surface area contributed by atoms with Crippen molar-refractivity contribution in [2.24, 2.45) is 4.99 Å². The summed E-state index contributed by atoms with van der Waals surface area (Å²) in [5.74, 6) is 0.915. The van der Waals surface area contributed by atoms with Gasteiger partial charge >= 0.3 is 0 Å². The van der Waals surface area contributed by atoms with Gasteiger partial charge in [0.2, 0.25) is 0 Å². The van der Waals surface area contributed by atoms with E-state index in [2.05, 4.69) is 62.7 Å². The molecule has 2 aliphatic rings. The summed E-state index contributed by atoms with van der Waals surface area (Å²) in [6.45, 7) is 10.3. The van der Waals surface area contributed by atoms with Crippen LogP contribution >= 0.6 is 0 Å². The maximum absolute atomic E-state index is 5.66. The highest BCUT2D eigenvalue weighted by Gasteiger charge is 2.39. The highest BCUT2D eigenvalue weighted by molar-refractivity contribution is 5.79. The predicted molar refractivity (Wildman–Crippen MR) is 122 cm³/mol. The van der Waals surface area contributed by atoms with Crippen LogP contribution in [0, 0.1) is 0 Å². The molecular formula is C23H39N5O.